The van der Waals surface area contributed by atoms with Crippen LogP contribution in [0.1, 0.15) is 33.1 Å². The first kappa shape index (κ1) is 18.6. The fourth-order valence-electron chi connectivity index (χ4n) is 1.57. The number of hydrogen-bond donors (Lipinski definition) is 2. The smallest absolute Gasteiger partial charge is 0.250 e. The first-order chi connectivity index (χ1) is 9.85. The van der Waals surface area contributed by atoms with Crippen LogP contribution >= 0.6 is 22.9 Å². The van der Waals surface area contributed by atoms with Crippen molar-refractivity contribution in [1.29, 1.82) is 0 Å². The van der Waals surface area contributed by atoms with E-state index in [9.17, 15) is 13.5 Å². The van der Waals surface area contributed by atoms with Gasteiger partial charge >= 0.3 is 0 Å². The van der Waals surface area contributed by atoms with E-state index in [1.165, 1.54) is 12.1 Å². The Hall–Kier alpha value is -0.400. The van der Waals surface area contributed by atoms with Crippen molar-refractivity contribution in [1.82, 2.24) is 4.72 Å². The first-order valence-corrected chi connectivity index (χ1v) is 9.62. The van der Waals surface area contributed by atoms with Gasteiger partial charge < -0.3 is 5.11 Å². The van der Waals surface area contributed by atoms with E-state index < -0.39 is 16.1 Å². The van der Waals surface area contributed by atoms with E-state index in [1.54, 1.807) is 0 Å². The lowest BCUT2D eigenvalue weighted by atomic mass is 10.1. The third-order valence-corrected chi connectivity index (χ3v) is 6.24. The normalized spacial score (nSPS) is 15.4. The van der Waals surface area contributed by atoms with Gasteiger partial charge in [-0.3, -0.25) is 0 Å². The number of rotatable bonds is 9. The molecule has 1 heterocycles. The van der Waals surface area contributed by atoms with Crippen molar-refractivity contribution in [3.8, 4) is 0 Å². The van der Waals surface area contributed by atoms with Gasteiger partial charge in [-0.1, -0.05) is 44.0 Å². The molecule has 1 aromatic rings. The standard InChI is InChI=1S/C14H22ClNO3S2/c1-3-11(2)6-4-5-7-12(17)10-16-21(18,19)14-9-8-13(15)20-14/h4,6,8-9,11-12,16-17H,3,5,7,10H2,1-2H3/t11-,12-/m0/s1. The van der Waals surface area contributed by atoms with Crippen LogP contribution in [0.4, 0.5) is 0 Å². The number of halogens is 1. The molecular formula is C14H22ClNO3S2. The number of hydrogen-bond acceptors (Lipinski definition) is 4. The van der Waals surface area contributed by atoms with Crippen LogP contribution in [0.15, 0.2) is 28.5 Å². The second-order valence-corrected chi connectivity index (χ2v) is 8.66. The number of aliphatic hydroxyl groups is 1. The van der Waals surface area contributed by atoms with Gasteiger partial charge in [-0.15, -0.1) is 11.3 Å². The zero-order valence-corrected chi connectivity index (χ0v) is 14.6. The largest absolute Gasteiger partial charge is 0.392 e. The Balaban J connectivity index is 2.36. The average Bonchev–Trinajstić information content (AvgIpc) is 2.88. The predicted molar refractivity (Wildman–Crippen MR) is 88.4 cm³/mol. The van der Waals surface area contributed by atoms with E-state index in [1.807, 2.05) is 6.08 Å². The van der Waals surface area contributed by atoms with Crippen LogP contribution in [-0.2, 0) is 10.0 Å². The van der Waals surface area contributed by atoms with Gasteiger partial charge in [0.05, 0.1) is 10.4 Å². The highest BCUT2D eigenvalue weighted by Gasteiger charge is 2.17. The highest BCUT2D eigenvalue weighted by atomic mass is 35.5. The molecule has 0 unspecified atom stereocenters. The van der Waals surface area contributed by atoms with Gasteiger partial charge in [0, 0.05) is 6.54 Å². The van der Waals surface area contributed by atoms with Crippen LogP contribution in [0.25, 0.3) is 0 Å². The van der Waals surface area contributed by atoms with E-state index in [4.69, 9.17) is 11.6 Å². The Morgan fingerprint density at radius 3 is 2.76 bits per heavy atom. The molecule has 21 heavy (non-hydrogen) atoms. The Labute approximate surface area is 135 Å². The van der Waals surface area contributed by atoms with Crippen molar-refractivity contribution in [3.05, 3.63) is 28.6 Å². The molecule has 2 atom stereocenters. The molecule has 0 aliphatic heterocycles. The lowest BCUT2D eigenvalue weighted by Crippen LogP contribution is -2.31. The molecule has 0 spiro atoms. The molecule has 0 saturated heterocycles. The minimum absolute atomic E-state index is 0.00895. The Bertz CT molecular complexity index is 554. The maximum Gasteiger partial charge on any atom is 0.250 e. The van der Waals surface area contributed by atoms with Crippen molar-refractivity contribution in [2.24, 2.45) is 5.92 Å². The molecular weight excluding hydrogens is 330 g/mol. The van der Waals surface area contributed by atoms with E-state index in [0.717, 1.165) is 24.2 Å². The fourth-order valence-corrected chi connectivity index (χ4v) is 4.17. The topological polar surface area (TPSA) is 66.4 Å². The van der Waals surface area contributed by atoms with Crippen LogP contribution in [-0.4, -0.2) is 26.2 Å². The summed E-state index contributed by atoms with van der Waals surface area (Å²) in [5.74, 6) is 0.532. The molecule has 0 aliphatic carbocycles. The Morgan fingerprint density at radius 1 is 1.48 bits per heavy atom. The quantitative estimate of drug-likeness (QED) is 0.670. The zero-order valence-electron chi connectivity index (χ0n) is 12.3. The maximum absolute atomic E-state index is 11.9. The molecule has 0 bridgehead atoms. The molecule has 1 aromatic heterocycles. The monoisotopic (exact) mass is 351 g/mol. The van der Waals surface area contributed by atoms with E-state index >= 15 is 0 Å². The van der Waals surface area contributed by atoms with Crippen LogP contribution in [0, 0.1) is 5.92 Å². The predicted octanol–water partition coefficient (Wildman–Crippen LogP) is 3.42. The van der Waals surface area contributed by atoms with Crippen LogP contribution in [0.2, 0.25) is 4.34 Å². The lowest BCUT2D eigenvalue weighted by molar-refractivity contribution is 0.169. The minimum atomic E-state index is -3.58. The third kappa shape index (κ3) is 6.93. The summed E-state index contributed by atoms with van der Waals surface area (Å²) in [6.07, 6.45) is 5.80. The summed E-state index contributed by atoms with van der Waals surface area (Å²) >= 11 is 6.72. The van der Waals surface area contributed by atoms with Gasteiger partial charge in [0.1, 0.15) is 4.21 Å². The molecule has 1 rings (SSSR count). The summed E-state index contributed by atoms with van der Waals surface area (Å²) in [4.78, 5) is 0. The summed E-state index contributed by atoms with van der Waals surface area (Å²) in [5.41, 5.74) is 0. The van der Waals surface area contributed by atoms with E-state index in [0.29, 0.717) is 16.7 Å². The zero-order chi connectivity index (χ0) is 15.9. The number of aliphatic hydroxyl groups excluding tert-OH is 1. The molecule has 2 N–H and O–H groups in total. The summed E-state index contributed by atoms with van der Waals surface area (Å²) in [6, 6.07) is 2.99. The van der Waals surface area contributed by atoms with E-state index in [2.05, 4.69) is 24.6 Å². The molecule has 0 saturated carbocycles. The number of sulfonamides is 1. The second kappa shape index (κ2) is 8.90. The molecule has 7 heteroatoms. The lowest BCUT2D eigenvalue weighted by Gasteiger charge is -2.10. The Kier molecular flexibility index (Phi) is 7.90. The van der Waals surface area contributed by atoms with Gasteiger partial charge in [-0.25, -0.2) is 13.1 Å². The highest BCUT2D eigenvalue weighted by Crippen LogP contribution is 2.25. The van der Waals surface area contributed by atoms with Gasteiger partial charge in [0.15, 0.2) is 0 Å². The molecule has 0 amide bonds. The number of nitrogens with one attached hydrogen (secondary N) is 1. The molecule has 0 aromatic carbocycles. The van der Waals surface area contributed by atoms with Gasteiger partial charge in [0.2, 0.25) is 10.0 Å². The molecule has 120 valence electrons. The SMILES string of the molecule is CC[C@H](C)C=CCC[C@H](O)CNS(=O)(=O)c1ccc(Cl)s1. The molecule has 0 fully saturated rings. The molecule has 0 aliphatic rings. The number of thiophene rings is 1. The average molecular weight is 352 g/mol. The van der Waals surface area contributed by atoms with Crippen molar-refractivity contribution < 1.29 is 13.5 Å². The maximum atomic E-state index is 11.9. The Morgan fingerprint density at radius 2 is 2.19 bits per heavy atom. The summed E-state index contributed by atoms with van der Waals surface area (Å²) < 4.78 is 26.8. The summed E-state index contributed by atoms with van der Waals surface area (Å²) in [6.45, 7) is 4.26. The van der Waals surface area contributed by atoms with Gasteiger partial charge in [0.25, 0.3) is 0 Å². The van der Waals surface area contributed by atoms with Crippen molar-refractivity contribution >= 4 is 33.0 Å². The van der Waals surface area contributed by atoms with Gasteiger partial charge in [-0.2, -0.15) is 0 Å². The van der Waals surface area contributed by atoms with Crippen molar-refractivity contribution in [3.63, 3.8) is 0 Å². The minimum Gasteiger partial charge on any atom is -0.392 e. The van der Waals surface area contributed by atoms with Crippen LogP contribution in [0.5, 0.6) is 0 Å². The van der Waals surface area contributed by atoms with Crippen molar-refractivity contribution in [2.75, 3.05) is 6.54 Å². The third-order valence-electron chi connectivity index (χ3n) is 3.10. The molecule has 0 radical (unpaired) electrons. The second-order valence-electron chi connectivity index (χ2n) is 4.96. The first-order valence-electron chi connectivity index (χ1n) is 6.95. The van der Waals surface area contributed by atoms with Crippen LogP contribution in [0.3, 0.4) is 0 Å². The summed E-state index contributed by atoms with van der Waals surface area (Å²) in [7, 11) is -3.58. The van der Waals surface area contributed by atoms with Gasteiger partial charge in [-0.05, 0) is 30.9 Å². The number of allylic oxidation sites excluding steroid dienone is 2. The summed E-state index contributed by atoms with van der Waals surface area (Å²) in [5, 5.41) is 9.80. The van der Waals surface area contributed by atoms with Crippen molar-refractivity contribution in [2.45, 2.75) is 43.4 Å². The van der Waals surface area contributed by atoms with E-state index in [-0.39, 0.29) is 10.8 Å². The highest BCUT2D eigenvalue weighted by molar-refractivity contribution is 7.91. The fraction of sp³-hybridized carbons (Fsp3) is 0.571. The van der Waals surface area contributed by atoms with Crippen LogP contribution < -0.4 is 4.72 Å². The molecule has 4 nitrogen and oxygen atoms in total.